The predicted molar refractivity (Wildman–Crippen MR) is 104 cm³/mol. The lowest BCUT2D eigenvalue weighted by Crippen LogP contribution is -2.38. The van der Waals surface area contributed by atoms with Crippen molar-refractivity contribution in [2.45, 2.75) is 0 Å². The third-order valence-corrected chi connectivity index (χ3v) is 4.36. The number of hydrogen-bond donors (Lipinski definition) is 2. The van der Waals surface area contributed by atoms with Gasteiger partial charge in [-0.2, -0.15) is 0 Å². The van der Waals surface area contributed by atoms with Crippen LogP contribution in [0.4, 0.5) is 11.4 Å². The van der Waals surface area contributed by atoms with Gasteiger partial charge in [0.25, 0.3) is 5.91 Å². The second-order valence-electron chi connectivity index (χ2n) is 6.02. The summed E-state index contributed by atoms with van der Waals surface area (Å²) < 4.78 is 0. The number of likely N-dealkylation sites (N-methyl/N-ethyl adjacent to an activating group) is 2. The van der Waals surface area contributed by atoms with E-state index in [1.807, 2.05) is 11.4 Å². The Morgan fingerprint density at radius 3 is 2.08 bits per heavy atom. The molecule has 26 heavy (non-hydrogen) atoms. The monoisotopic (exact) mass is 374 g/mol. The number of benzene rings is 1. The summed E-state index contributed by atoms with van der Waals surface area (Å²) in [4.78, 5) is 39.4. The van der Waals surface area contributed by atoms with Crippen LogP contribution >= 0.6 is 11.3 Å². The van der Waals surface area contributed by atoms with Crippen molar-refractivity contribution in [3.05, 3.63) is 46.7 Å². The first-order chi connectivity index (χ1) is 12.3. The highest BCUT2D eigenvalue weighted by molar-refractivity contribution is 7.12. The van der Waals surface area contributed by atoms with Gasteiger partial charge in [0, 0.05) is 25.5 Å². The third-order valence-electron chi connectivity index (χ3n) is 3.49. The first-order valence-corrected chi connectivity index (χ1v) is 8.86. The van der Waals surface area contributed by atoms with Crippen LogP contribution < -0.4 is 10.6 Å². The standard InChI is InChI=1S/C18H22N4O3S/c1-21(2)17(24)12-22(3)11-16(23)19-13-6-8-14(9-7-13)20-18(25)15-5-4-10-26-15/h4-10H,11-12H2,1-3H3,(H,19,23)(H,20,25). The number of nitrogens with one attached hydrogen (secondary N) is 2. The van der Waals surface area contributed by atoms with Crippen LogP contribution in [0.3, 0.4) is 0 Å². The van der Waals surface area contributed by atoms with Crippen LogP contribution in [0, 0.1) is 0 Å². The molecule has 2 N–H and O–H groups in total. The van der Waals surface area contributed by atoms with E-state index in [1.54, 1.807) is 56.4 Å². The smallest absolute Gasteiger partial charge is 0.265 e. The molecule has 2 rings (SSSR count). The van der Waals surface area contributed by atoms with E-state index in [0.29, 0.717) is 16.3 Å². The fourth-order valence-electron chi connectivity index (χ4n) is 2.11. The average Bonchev–Trinajstić information content (AvgIpc) is 3.10. The summed E-state index contributed by atoms with van der Waals surface area (Å²) in [5.41, 5.74) is 1.27. The molecule has 0 radical (unpaired) electrons. The lowest BCUT2D eigenvalue weighted by atomic mass is 10.2. The van der Waals surface area contributed by atoms with Gasteiger partial charge >= 0.3 is 0 Å². The molecule has 8 heteroatoms. The lowest BCUT2D eigenvalue weighted by Gasteiger charge is -2.18. The molecule has 1 aromatic heterocycles. The molecule has 0 aliphatic heterocycles. The van der Waals surface area contributed by atoms with Gasteiger partial charge in [-0.05, 0) is 42.8 Å². The number of anilines is 2. The minimum absolute atomic E-state index is 0.0638. The van der Waals surface area contributed by atoms with Crippen LogP contribution in [-0.4, -0.2) is 61.8 Å². The molecule has 2 aromatic rings. The van der Waals surface area contributed by atoms with Crippen LogP contribution in [0.1, 0.15) is 9.67 Å². The van der Waals surface area contributed by atoms with Gasteiger partial charge < -0.3 is 15.5 Å². The van der Waals surface area contributed by atoms with E-state index in [9.17, 15) is 14.4 Å². The van der Waals surface area contributed by atoms with E-state index in [-0.39, 0.29) is 30.8 Å². The Morgan fingerprint density at radius 2 is 1.54 bits per heavy atom. The number of hydrogen-bond acceptors (Lipinski definition) is 5. The number of amides is 3. The largest absolute Gasteiger partial charge is 0.348 e. The highest BCUT2D eigenvalue weighted by Gasteiger charge is 2.12. The average molecular weight is 374 g/mol. The summed E-state index contributed by atoms with van der Waals surface area (Å²) in [7, 11) is 5.06. The first-order valence-electron chi connectivity index (χ1n) is 7.98. The van der Waals surface area contributed by atoms with Crippen LogP contribution in [0.2, 0.25) is 0 Å². The molecule has 7 nitrogen and oxygen atoms in total. The zero-order valence-corrected chi connectivity index (χ0v) is 15.8. The van der Waals surface area contributed by atoms with Crippen molar-refractivity contribution in [1.29, 1.82) is 0 Å². The Bertz CT molecular complexity index is 757. The van der Waals surface area contributed by atoms with E-state index in [2.05, 4.69) is 10.6 Å². The van der Waals surface area contributed by atoms with Gasteiger partial charge in [0.15, 0.2) is 0 Å². The summed E-state index contributed by atoms with van der Waals surface area (Å²) in [6.07, 6.45) is 0. The Kier molecular flexibility index (Phi) is 6.88. The summed E-state index contributed by atoms with van der Waals surface area (Å²) >= 11 is 1.37. The van der Waals surface area contributed by atoms with E-state index in [0.717, 1.165) is 0 Å². The second kappa shape index (κ2) is 9.12. The molecular weight excluding hydrogens is 352 g/mol. The zero-order valence-electron chi connectivity index (χ0n) is 15.0. The Balaban J connectivity index is 1.83. The van der Waals surface area contributed by atoms with Crippen molar-refractivity contribution in [2.24, 2.45) is 0 Å². The number of rotatable bonds is 7. The number of carbonyl (C=O) groups excluding carboxylic acids is 3. The molecule has 1 aromatic carbocycles. The second-order valence-corrected chi connectivity index (χ2v) is 6.97. The molecule has 0 saturated carbocycles. The Labute approximate surface area is 156 Å². The van der Waals surface area contributed by atoms with E-state index in [1.165, 1.54) is 16.2 Å². The van der Waals surface area contributed by atoms with Gasteiger partial charge in [-0.25, -0.2) is 0 Å². The van der Waals surface area contributed by atoms with Crippen molar-refractivity contribution in [1.82, 2.24) is 9.80 Å². The quantitative estimate of drug-likeness (QED) is 0.776. The number of thiophene rings is 1. The van der Waals surface area contributed by atoms with Crippen molar-refractivity contribution in [3.8, 4) is 0 Å². The molecule has 1 heterocycles. The maximum Gasteiger partial charge on any atom is 0.265 e. The molecule has 0 saturated heterocycles. The van der Waals surface area contributed by atoms with Gasteiger partial charge in [-0.15, -0.1) is 11.3 Å². The normalized spacial score (nSPS) is 10.5. The van der Waals surface area contributed by atoms with Crippen LogP contribution in [0.25, 0.3) is 0 Å². The number of nitrogens with zero attached hydrogens (tertiary/aromatic N) is 2. The minimum Gasteiger partial charge on any atom is -0.348 e. The van der Waals surface area contributed by atoms with Crippen LogP contribution in [0.15, 0.2) is 41.8 Å². The fraction of sp³-hybridized carbons (Fsp3) is 0.278. The SMILES string of the molecule is CN(CC(=O)Nc1ccc(NC(=O)c2cccs2)cc1)CC(=O)N(C)C. The summed E-state index contributed by atoms with van der Waals surface area (Å²) in [6.45, 7) is 0.282. The fourth-order valence-corrected chi connectivity index (χ4v) is 2.73. The minimum atomic E-state index is -0.213. The Hall–Kier alpha value is -2.71. The molecule has 0 fully saturated rings. The van der Waals surface area contributed by atoms with Gasteiger partial charge in [-0.3, -0.25) is 19.3 Å². The van der Waals surface area contributed by atoms with Crippen LogP contribution in [-0.2, 0) is 9.59 Å². The van der Waals surface area contributed by atoms with Gasteiger partial charge in [0.1, 0.15) is 0 Å². The molecule has 3 amide bonds. The molecule has 0 bridgehead atoms. The Morgan fingerprint density at radius 1 is 0.923 bits per heavy atom. The lowest BCUT2D eigenvalue weighted by molar-refractivity contribution is -0.130. The highest BCUT2D eigenvalue weighted by atomic mass is 32.1. The topological polar surface area (TPSA) is 81.8 Å². The van der Waals surface area contributed by atoms with Gasteiger partial charge in [0.05, 0.1) is 18.0 Å². The maximum absolute atomic E-state index is 12.0. The zero-order chi connectivity index (χ0) is 19.1. The van der Waals surface area contributed by atoms with Gasteiger partial charge in [0.2, 0.25) is 11.8 Å². The predicted octanol–water partition coefficient (Wildman–Crippen LogP) is 1.96. The summed E-state index contributed by atoms with van der Waals surface area (Å²) in [5.74, 6) is -0.440. The number of carbonyl (C=O) groups is 3. The van der Waals surface area contributed by atoms with Crippen LogP contribution in [0.5, 0.6) is 0 Å². The molecule has 0 aliphatic carbocycles. The van der Waals surface area contributed by atoms with Crippen molar-refractivity contribution in [2.75, 3.05) is 44.9 Å². The van der Waals surface area contributed by atoms with Crippen molar-refractivity contribution >= 4 is 40.4 Å². The van der Waals surface area contributed by atoms with Crippen molar-refractivity contribution in [3.63, 3.8) is 0 Å². The maximum atomic E-state index is 12.0. The van der Waals surface area contributed by atoms with Gasteiger partial charge in [-0.1, -0.05) is 6.07 Å². The molecule has 0 spiro atoms. The summed E-state index contributed by atoms with van der Waals surface area (Å²) in [6, 6.07) is 10.5. The van der Waals surface area contributed by atoms with E-state index < -0.39 is 0 Å². The van der Waals surface area contributed by atoms with E-state index in [4.69, 9.17) is 0 Å². The van der Waals surface area contributed by atoms with E-state index >= 15 is 0 Å². The molecule has 0 unspecified atom stereocenters. The molecule has 138 valence electrons. The summed E-state index contributed by atoms with van der Waals surface area (Å²) in [5, 5.41) is 7.41. The highest BCUT2D eigenvalue weighted by Crippen LogP contribution is 2.16. The third kappa shape index (κ3) is 5.98. The molecule has 0 atom stereocenters. The molecule has 0 aliphatic rings. The molecular formula is C18H22N4O3S. The first kappa shape index (κ1) is 19.6. The van der Waals surface area contributed by atoms with Crippen molar-refractivity contribution < 1.29 is 14.4 Å².